The van der Waals surface area contributed by atoms with Crippen LogP contribution in [-0.2, 0) is 0 Å². The summed E-state index contributed by atoms with van der Waals surface area (Å²) in [5, 5.41) is 9.84. The Labute approximate surface area is 61.8 Å². The van der Waals surface area contributed by atoms with E-state index in [9.17, 15) is 5.11 Å². The highest BCUT2D eigenvalue weighted by Gasteiger charge is 2.41. The van der Waals surface area contributed by atoms with Gasteiger partial charge in [-0.3, -0.25) is 4.90 Å². The Kier molecular flexibility index (Phi) is 1.46. The van der Waals surface area contributed by atoms with Gasteiger partial charge in [0.1, 0.15) is 5.72 Å². The largest absolute Gasteiger partial charge is 0.376 e. The highest BCUT2D eigenvalue weighted by molar-refractivity contribution is 4.89. The van der Waals surface area contributed by atoms with Crippen LogP contribution in [0.2, 0.25) is 0 Å². The summed E-state index contributed by atoms with van der Waals surface area (Å²) >= 11 is 0. The van der Waals surface area contributed by atoms with Gasteiger partial charge in [-0.15, -0.1) is 0 Å². The van der Waals surface area contributed by atoms with Gasteiger partial charge in [0, 0.05) is 13.1 Å². The van der Waals surface area contributed by atoms with Crippen LogP contribution in [0.1, 0.15) is 32.1 Å². The molecular formula is C8H15NO. The van der Waals surface area contributed by atoms with Crippen molar-refractivity contribution in [2.45, 2.75) is 37.8 Å². The van der Waals surface area contributed by atoms with Gasteiger partial charge in [0.05, 0.1) is 0 Å². The predicted octanol–water partition coefficient (Wildman–Crippen LogP) is 0.955. The van der Waals surface area contributed by atoms with Gasteiger partial charge in [0.25, 0.3) is 0 Å². The van der Waals surface area contributed by atoms with Gasteiger partial charge in [-0.25, -0.2) is 0 Å². The SMILES string of the molecule is OC1(N2CCCC2)CCC1. The number of nitrogens with zero attached hydrogens (tertiary/aromatic N) is 1. The second-order valence-electron chi connectivity index (χ2n) is 3.53. The lowest BCUT2D eigenvalue weighted by molar-refractivity contribution is -0.152. The van der Waals surface area contributed by atoms with Gasteiger partial charge in [-0.1, -0.05) is 0 Å². The molecule has 0 spiro atoms. The molecule has 1 aliphatic carbocycles. The molecule has 0 aromatic rings. The molecule has 58 valence electrons. The Morgan fingerprint density at radius 3 is 2.00 bits per heavy atom. The zero-order valence-corrected chi connectivity index (χ0v) is 6.34. The first-order chi connectivity index (χ1) is 4.81. The summed E-state index contributed by atoms with van der Waals surface area (Å²) in [4.78, 5) is 2.25. The lowest BCUT2D eigenvalue weighted by Crippen LogP contribution is -2.52. The molecule has 0 unspecified atom stereocenters. The normalized spacial score (nSPS) is 32.1. The van der Waals surface area contributed by atoms with E-state index in [1.165, 1.54) is 19.3 Å². The number of rotatable bonds is 1. The minimum atomic E-state index is -0.365. The third kappa shape index (κ3) is 0.867. The summed E-state index contributed by atoms with van der Waals surface area (Å²) in [6.07, 6.45) is 5.79. The van der Waals surface area contributed by atoms with Crippen molar-refractivity contribution in [2.75, 3.05) is 13.1 Å². The van der Waals surface area contributed by atoms with Crippen LogP contribution in [0, 0.1) is 0 Å². The third-order valence-corrected chi connectivity index (χ3v) is 2.85. The summed E-state index contributed by atoms with van der Waals surface area (Å²) in [7, 11) is 0. The zero-order valence-electron chi connectivity index (χ0n) is 6.34. The number of hydrogen-bond acceptors (Lipinski definition) is 2. The molecule has 1 saturated carbocycles. The highest BCUT2D eigenvalue weighted by Crippen LogP contribution is 2.36. The topological polar surface area (TPSA) is 23.5 Å². The molecule has 0 atom stereocenters. The predicted molar refractivity (Wildman–Crippen MR) is 39.6 cm³/mol. The fraction of sp³-hybridized carbons (Fsp3) is 1.00. The summed E-state index contributed by atoms with van der Waals surface area (Å²) < 4.78 is 0. The van der Waals surface area contributed by atoms with Gasteiger partial charge in [0.2, 0.25) is 0 Å². The van der Waals surface area contributed by atoms with E-state index in [1.54, 1.807) is 0 Å². The minimum Gasteiger partial charge on any atom is -0.376 e. The fourth-order valence-electron chi connectivity index (χ4n) is 1.94. The molecule has 10 heavy (non-hydrogen) atoms. The smallest absolute Gasteiger partial charge is 0.118 e. The van der Waals surface area contributed by atoms with Crippen LogP contribution >= 0.6 is 0 Å². The van der Waals surface area contributed by atoms with Crippen molar-refractivity contribution in [3.05, 3.63) is 0 Å². The molecular weight excluding hydrogens is 126 g/mol. The summed E-state index contributed by atoms with van der Waals surface area (Å²) in [6.45, 7) is 2.24. The third-order valence-electron chi connectivity index (χ3n) is 2.85. The monoisotopic (exact) mass is 141 g/mol. The van der Waals surface area contributed by atoms with Gasteiger partial charge in [0.15, 0.2) is 0 Å². The summed E-state index contributed by atoms with van der Waals surface area (Å²) in [5.41, 5.74) is -0.365. The summed E-state index contributed by atoms with van der Waals surface area (Å²) in [6, 6.07) is 0. The van der Waals surface area contributed by atoms with E-state index in [4.69, 9.17) is 0 Å². The van der Waals surface area contributed by atoms with Crippen LogP contribution in [0.15, 0.2) is 0 Å². The van der Waals surface area contributed by atoms with Crippen LogP contribution in [-0.4, -0.2) is 28.8 Å². The van der Waals surface area contributed by atoms with E-state index in [2.05, 4.69) is 4.90 Å². The Balaban J connectivity index is 1.96. The lowest BCUT2D eigenvalue weighted by Gasteiger charge is -2.44. The van der Waals surface area contributed by atoms with E-state index >= 15 is 0 Å². The van der Waals surface area contributed by atoms with Crippen molar-refractivity contribution in [3.63, 3.8) is 0 Å². The Morgan fingerprint density at radius 2 is 1.60 bits per heavy atom. The van der Waals surface area contributed by atoms with Crippen molar-refractivity contribution in [1.82, 2.24) is 4.90 Å². The molecule has 1 aliphatic heterocycles. The first-order valence-electron chi connectivity index (χ1n) is 4.29. The molecule has 1 heterocycles. The molecule has 0 radical (unpaired) electrons. The molecule has 2 nitrogen and oxygen atoms in total. The lowest BCUT2D eigenvalue weighted by atomic mass is 9.87. The molecule has 2 fully saturated rings. The van der Waals surface area contributed by atoms with Crippen molar-refractivity contribution in [1.29, 1.82) is 0 Å². The maximum Gasteiger partial charge on any atom is 0.118 e. The molecule has 0 amide bonds. The first kappa shape index (κ1) is 6.62. The van der Waals surface area contributed by atoms with E-state index in [0.717, 1.165) is 25.9 Å². The first-order valence-corrected chi connectivity index (χ1v) is 4.29. The maximum atomic E-state index is 9.84. The quantitative estimate of drug-likeness (QED) is 0.588. The van der Waals surface area contributed by atoms with Crippen LogP contribution in [0.5, 0.6) is 0 Å². The van der Waals surface area contributed by atoms with Crippen molar-refractivity contribution >= 4 is 0 Å². The second-order valence-corrected chi connectivity index (χ2v) is 3.53. The minimum absolute atomic E-state index is 0.365. The molecule has 2 rings (SSSR count). The Bertz CT molecular complexity index is 125. The van der Waals surface area contributed by atoms with Crippen molar-refractivity contribution in [3.8, 4) is 0 Å². The van der Waals surface area contributed by atoms with Crippen molar-refractivity contribution < 1.29 is 5.11 Å². The second kappa shape index (κ2) is 2.21. The Morgan fingerprint density at radius 1 is 1.00 bits per heavy atom. The highest BCUT2D eigenvalue weighted by atomic mass is 16.3. The number of hydrogen-bond donors (Lipinski definition) is 1. The Hall–Kier alpha value is -0.0800. The maximum absolute atomic E-state index is 9.84. The summed E-state index contributed by atoms with van der Waals surface area (Å²) in [5.74, 6) is 0. The van der Waals surface area contributed by atoms with Gasteiger partial charge in [-0.2, -0.15) is 0 Å². The molecule has 1 N–H and O–H groups in total. The number of aliphatic hydroxyl groups is 1. The molecule has 0 bridgehead atoms. The van der Waals surface area contributed by atoms with Crippen LogP contribution in [0.25, 0.3) is 0 Å². The molecule has 1 saturated heterocycles. The van der Waals surface area contributed by atoms with Gasteiger partial charge in [-0.05, 0) is 32.1 Å². The fourth-order valence-corrected chi connectivity index (χ4v) is 1.94. The average molecular weight is 141 g/mol. The van der Waals surface area contributed by atoms with Gasteiger partial charge < -0.3 is 5.11 Å². The standard InChI is InChI=1S/C8H15NO/c10-8(4-3-5-8)9-6-1-2-7-9/h10H,1-7H2. The van der Waals surface area contributed by atoms with E-state index in [0.29, 0.717) is 0 Å². The van der Waals surface area contributed by atoms with Crippen LogP contribution in [0.3, 0.4) is 0 Å². The molecule has 2 heteroatoms. The van der Waals surface area contributed by atoms with Crippen LogP contribution in [0.4, 0.5) is 0 Å². The zero-order chi connectivity index (χ0) is 7.03. The molecule has 0 aromatic heterocycles. The molecule has 2 aliphatic rings. The van der Waals surface area contributed by atoms with E-state index in [-0.39, 0.29) is 5.72 Å². The average Bonchev–Trinajstić information content (AvgIpc) is 2.33. The van der Waals surface area contributed by atoms with E-state index in [1.807, 2.05) is 0 Å². The van der Waals surface area contributed by atoms with Crippen molar-refractivity contribution in [2.24, 2.45) is 0 Å². The molecule has 0 aromatic carbocycles. The number of likely N-dealkylation sites (tertiary alicyclic amines) is 1. The van der Waals surface area contributed by atoms with Crippen LogP contribution < -0.4 is 0 Å². The van der Waals surface area contributed by atoms with E-state index < -0.39 is 0 Å². The van der Waals surface area contributed by atoms with Gasteiger partial charge >= 0.3 is 0 Å².